The maximum absolute atomic E-state index is 2.53. The summed E-state index contributed by atoms with van der Waals surface area (Å²) in [5.41, 5.74) is 7.40. The molecule has 2 nitrogen and oxygen atoms in total. The van der Waals surface area contributed by atoms with E-state index in [9.17, 15) is 0 Å². The van der Waals surface area contributed by atoms with Gasteiger partial charge in [0.05, 0.1) is 31.5 Å². The number of hydrogen-bond donors (Lipinski definition) is 0. The fourth-order valence-electron chi connectivity index (χ4n) is 11.0. The number of rotatable bonds is 2. The zero-order valence-electron chi connectivity index (χ0n) is 33.2. The lowest BCUT2D eigenvalue weighted by Gasteiger charge is -2.13. The van der Waals surface area contributed by atoms with Crippen LogP contribution in [0.15, 0.2) is 194 Å². The van der Waals surface area contributed by atoms with Crippen LogP contribution in [0.4, 0.5) is 0 Å². The van der Waals surface area contributed by atoms with Crippen LogP contribution in [0.25, 0.3) is 138 Å². The first-order valence-electron chi connectivity index (χ1n) is 21.3. The Balaban J connectivity index is 0.975. The van der Waals surface area contributed by atoms with Crippen LogP contribution >= 0.6 is 22.7 Å². The third-order valence-corrected chi connectivity index (χ3v) is 15.9. The summed E-state index contributed by atoms with van der Waals surface area (Å²) in [4.78, 5) is 0. The Morgan fingerprint density at radius 3 is 1.06 bits per heavy atom. The molecule has 0 saturated carbocycles. The predicted octanol–water partition coefficient (Wildman–Crippen LogP) is 17.2. The van der Waals surface area contributed by atoms with Crippen LogP contribution in [0.5, 0.6) is 0 Å². The van der Waals surface area contributed by atoms with Crippen molar-refractivity contribution in [2.45, 2.75) is 0 Å². The fourth-order valence-corrected chi connectivity index (χ4v) is 13.6. The van der Waals surface area contributed by atoms with E-state index in [1.807, 2.05) is 22.7 Å². The Hall–Kier alpha value is -7.50. The maximum atomic E-state index is 2.53. The number of fused-ring (bicyclic) bond motifs is 22. The van der Waals surface area contributed by atoms with Crippen LogP contribution in [-0.4, -0.2) is 9.13 Å². The molecule has 0 bridgehead atoms. The molecule has 0 aliphatic carbocycles. The summed E-state index contributed by atoms with van der Waals surface area (Å²) in [6.45, 7) is 0. The highest BCUT2D eigenvalue weighted by molar-refractivity contribution is 7.27. The van der Waals surface area contributed by atoms with Gasteiger partial charge in [-0.3, -0.25) is 0 Å². The summed E-state index contributed by atoms with van der Waals surface area (Å²) >= 11 is 3.83. The average Bonchev–Trinajstić information content (AvgIpc) is 4.09. The van der Waals surface area contributed by atoms with Crippen molar-refractivity contribution in [3.63, 3.8) is 0 Å². The Bertz CT molecular complexity index is 4170. The molecule has 4 heteroatoms. The van der Waals surface area contributed by atoms with Crippen LogP contribution in [-0.2, 0) is 0 Å². The van der Waals surface area contributed by atoms with E-state index in [0.717, 1.165) is 0 Å². The van der Waals surface area contributed by atoms with Crippen molar-refractivity contribution in [1.82, 2.24) is 9.13 Å². The summed E-state index contributed by atoms with van der Waals surface area (Å²) in [5, 5.41) is 20.8. The van der Waals surface area contributed by atoms with Gasteiger partial charge in [0.2, 0.25) is 0 Å². The number of aromatic nitrogens is 2. The van der Waals surface area contributed by atoms with Crippen molar-refractivity contribution < 1.29 is 0 Å². The van der Waals surface area contributed by atoms with Gasteiger partial charge in [-0.25, -0.2) is 0 Å². The maximum Gasteiger partial charge on any atom is 0.0726 e. The summed E-state index contributed by atoms with van der Waals surface area (Å²) in [7, 11) is 0. The second-order valence-electron chi connectivity index (χ2n) is 16.8. The first-order valence-corrected chi connectivity index (χ1v) is 22.9. The second-order valence-corrected chi connectivity index (χ2v) is 18.9. The highest BCUT2D eigenvalue weighted by atomic mass is 32.1. The van der Waals surface area contributed by atoms with E-state index in [1.54, 1.807) is 0 Å². The predicted molar refractivity (Wildman–Crippen MR) is 271 cm³/mol. The number of benzene rings is 11. The van der Waals surface area contributed by atoms with Gasteiger partial charge in [0.1, 0.15) is 0 Å². The molecule has 286 valence electrons. The quantitative estimate of drug-likeness (QED) is 0.154. The molecule has 0 fully saturated rings. The Labute approximate surface area is 362 Å². The monoisotopic (exact) mass is 820 g/mol. The lowest BCUT2D eigenvalue weighted by atomic mass is 9.99. The Morgan fingerprint density at radius 1 is 0.274 bits per heavy atom. The molecular formula is C58H32N2S2. The molecule has 0 aliphatic heterocycles. The smallest absolute Gasteiger partial charge is 0.0726 e. The molecule has 0 atom stereocenters. The van der Waals surface area contributed by atoms with Crippen LogP contribution in [0.3, 0.4) is 0 Å². The van der Waals surface area contributed by atoms with Crippen molar-refractivity contribution in [1.29, 1.82) is 0 Å². The SMILES string of the molecule is c1ccc2c(c1)sc1c2c2ccccc2c2c3ccccc3n(-c3ccc4cc5cc(-n6c7ccccc7c7c8ccccc8c8c9ccccc9sc8c76)ccc5cc4c3)c12. The first-order chi connectivity index (χ1) is 30.8. The van der Waals surface area contributed by atoms with E-state index in [-0.39, 0.29) is 0 Å². The van der Waals surface area contributed by atoms with Gasteiger partial charge in [0, 0.05) is 63.9 Å². The summed E-state index contributed by atoms with van der Waals surface area (Å²) in [6.07, 6.45) is 0. The zero-order valence-corrected chi connectivity index (χ0v) is 34.8. The summed E-state index contributed by atoms with van der Waals surface area (Å²) < 4.78 is 10.4. The Morgan fingerprint density at radius 2 is 0.629 bits per heavy atom. The lowest BCUT2D eigenvalue weighted by molar-refractivity contribution is 1.19. The van der Waals surface area contributed by atoms with Crippen molar-refractivity contribution in [2.75, 3.05) is 0 Å². The van der Waals surface area contributed by atoms with Crippen molar-refractivity contribution >= 4 is 150 Å². The molecule has 15 rings (SSSR count). The van der Waals surface area contributed by atoms with E-state index < -0.39 is 0 Å². The van der Waals surface area contributed by atoms with E-state index >= 15 is 0 Å². The molecule has 0 saturated heterocycles. The van der Waals surface area contributed by atoms with Crippen molar-refractivity contribution in [3.05, 3.63) is 194 Å². The molecule has 11 aromatic carbocycles. The first kappa shape index (κ1) is 33.2. The minimum Gasteiger partial charge on any atom is -0.308 e. The van der Waals surface area contributed by atoms with Crippen LogP contribution in [0.1, 0.15) is 0 Å². The third-order valence-electron chi connectivity index (χ3n) is 13.6. The largest absolute Gasteiger partial charge is 0.308 e. The topological polar surface area (TPSA) is 9.86 Å². The summed E-state index contributed by atoms with van der Waals surface area (Å²) in [6, 6.07) is 72.6. The van der Waals surface area contributed by atoms with Crippen LogP contribution < -0.4 is 0 Å². The van der Waals surface area contributed by atoms with Gasteiger partial charge in [-0.2, -0.15) is 0 Å². The molecule has 0 N–H and O–H groups in total. The van der Waals surface area contributed by atoms with E-state index in [1.165, 1.54) is 138 Å². The Kier molecular flexibility index (Phi) is 6.48. The van der Waals surface area contributed by atoms with Crippen molar-refractivity contribution in [2.24, 2.45) is 0 Å². The van der Waals surface area contributed by atoms with Gasteiger partial charge in [-0.1, -0.05) is 133 Å². The molecule has 4 aromatic heterocycles. The van der Waals surface area contributed by atoms with Gasteiger partial charge in [-0.05, 0) is 104 Å². The van der Waals surface area contributed by atoms with Gasteiger partial charge in [0.15, 0.2) is 0 Å². The van der Waals surface area contributed by atoms with E-state index in [2.05, 4.69) is 203 Å². The highest BCUT2D eigenvalue weighted by Gasteiger charge is 2.24. The number of thiophene rings is 2. The minimum atomic E-state index is 1.18. The molecule has 0 radical (unpaired) electrons. The molecular weight excluding hydrogens is 789 g/mol. The van der Waals surface area contributed by atoms with Gasteiger partial charge < -0.3 is 9.13 Å². The second kappa shape index (κ2) is 12.1. The molecule has 15 aromatic rings. The van der Waals surface area contributed by atoms with Crippen LogP contribution in [0, 0.1) is 0 Å². The molecule has 0 aliphatic rings. The zero-order chi connectivity index (χ0) is 40.2. The van der Waals surface area contributed by atoms with E-state index in [0.29, 0.717) is 0 Å². The third kappa shape index (κ3) is 4.27. The molecule has 0 spiro atoms. The number of hydrogen-bond acceptors (Lipinski definition) is 2. The fraction of sp³-hybridized carbons (Fsp3) is 0. The normalized spacial score (nSPS) is 12.5. The molecule has 4 heterocycles. The number of para-hydroxylation sites is 2. The lowest BCUT2D eigenvalue weighted by Crippen LogP contribution is -1.95. The summed E-state index contributed by atoms with van der Waals surface area (Å²) in [5.74, 6) is 0. The molecule has 0 amide bonds. The number of nitrogens with zero attached hydrogens (tertiary/aromatic N) is 2. The van der Waals surface area contributed by atoms with Crippen LogP contribution in [0.2, 0.25) is 0 Å². The standard InChI is InChI=1S/C58H32N2S2/c1-3-15-41-39(13-1)51-43-17-5-9-21-47(43)59(55(51)57-53(41)45-19-7-11-23-49(45)61-57)37-27-25-33-30-36-32-38(28-26-34(36)29-35(33)31-37)60-48-22-10-6-18-44(48)52-40-14-2-4-16-42(40)54-46-20-8-12-24-50(46)62-58(54)56(52)60/h1-32H. The molecule has 62 heavy (non-hydrogen) atoms. The highest BCUT2D eigenvalue weighted by Crippen LogP contribution is 2.50. The average molecular weight is 821 g/mol. The van der Waals surface area contributed by atoms with Gasteiger partial charge in [-0.15, -0.1) is 22.7 Å². The van der Waals surface area contributed by atoms with Gasteiger partial charge >= 0.3 is 0 Å². The van der Waals surface area contributed by atoms with Crippen molar-refractivity contribution in [3.8, 4) is 11.4 Å². The van der Waals surface area contributed by atoms with E-state index in [4.69, 9.17) is 0 Å². The van der Waals surface area contributed by atoms with Gasteiger partial charge in [0.25, 0.3) is 0 Å². The minimum absolute atomic E-state index is 1.18. The molecule has 0 unspecified atom stereocenters.